The molecule has 0 atom stereocenters. The molecule has 0 fully saturated rings. The number of nitrogens with zero attached hydrogens (tertiary/aromatic N) is 4. The van der Waals surface area contributed by atoms with E-state index in [4.69, 9.17) is 9.47 Å². The standard InChI is InChI=1S/C29H25N5O3S/c1-36-24-14-10-21(11-15-24)28-32-33-29(34(28)23-12-16-25(37-2)17-13-23)38-19-27(35)31-30-18-22-8-5-7-20-6-3-4-9-26(20)22/h3-18H,19H2,1-2H3,(H,31,35). The summed E-state index contributed by atoms with van der Waals surface area (Å²) in [7, 11) is 3.25. The first kappa shape index (κ1) is 25.0. The van der Waals surface area contributed by atoms with Gasteiger partial charge in [-0.3, -0.25) is 9.36 Å². The second-order valence-corrected chi connectivity index (χ2v) is 9.16. The van der Waals surface area contributed by atoms with Crippen LogP contribution in [0.5, 0.6) is 11.5 Å². The summed E-state index contributed by atoms with van der Waals surface area (Å²) in [6.07, 6.45) is 1.66. The molecule has 0 aliphatic heterocycles. The molecule has 38 heavy (non-hydrogen) atoms. The van der Waals surface area contributed by atoms with E-state index in [1.165, 1.54) is 11.8 Å². The molecule has 1 amide bonds. The van der Waals surface area contributed by atoms with Crippen LogP contribution in [-0.2, 0) is 4.79 Å². The normalized spacial score (nSPS) is 11.1. The van der Waals surface area contributed by atoms with Gasteiger partial charge >= 0.3 is 0 Å². The van der Waals surface area contributed by atoms with Gasteiger partial charge in [0.05, 0.1) is 26.2 Å². The predicted molar refractivity (Wildman–Crippen MR) is 150 cm³/mol. The monoisotopic (exact) mass is 523 g/mol. The van der Waals surface area contributed by atoms with E-state index in [1.807, 2.05) is 95.6 Å². The van der Waals surface area contributed by atoms with Gasteiger partial charge in [0.15, 0.2) is 11.0 Å². The summed E-state index contributed by atoms with van der Waals surface area (Å²) in [6.45, 7) is 0. The highest BCUT2D eigenvalue weighted by Gasteiger charge is 2.17. The fourth-order valence-corrected chi connectivity index (χ4v) is 4.70. The third-order valence-electron chi connectivity index (χ3n) is 5.86. The molecule has 0 aliphatic carbocycles. The van der Waals surface area contributed by atoms with Crippen molar-refractivity contribution in [3.63, 3.8) is 0 Å². The second kappa shape index (κ2) is 11.6. The molecule has 0 saturated carbocycles. The Morgan fingerprint density at radius 2 is 1.58 bits per heavy atom. The summed E-state index contributed by atoms with van der Waals surface area (Å²) < 4.78 is 12.5. The van der Waals surface area contributed by atoms with Gasteiger partial charge < -0.3 is 9.47 Å². The number of nitrogens with one attached hydrogen (secondary N) is 1. The van der Waals surface area contributed by atoms with Crippen molar-refractivity contribution >= 4 is 34.7 Å². The van der Waals surface area contributed by atoms with Crippen molar-refractivity contribution in [1.29, 1.82) is 0 Å². The van der Waals surface area contributed by atoms with Crippen LogP contribution in [0.25, 0.3) is 27.8 Å². The van der Waals surface area contributed by atoms with Gasteiger partial charge in [-0.15, -0.1) is 10.2 Å². The molecule has 190 valence electrons. The number of aromatic nitrogens is 3. The van der Waals surface area contributed by atoms with Crippen LogP contribution in [0.2, 0.25) is 0 Å². The summed E-state index contributed by atoms with van der Waals surface area (Å²) in [5, 5.41) is 15.7. The van der Waals surface area contributed by atoms with Crippen molar-refractivity contribution in [1.82, 2.24) is 20.2 Å². The topological polar surface area (TPSA) is 90.6 Å². The number of rotatable bonds is 9. The number of hydrazone groups is 1. The average Bonchev–Trinajstić information content (AvgIpc) is 3.40. The summed E-state index contributed by atoms with van der Waals surface area (Å²) in [5.41, 5.74) is 5.26. The number of amides is 1. The zero-order valence-electron chi connectivity index (χ0n) is 20.9. The fourth-order valence-electron chi connectivity index (χ4n) is 3.95. The SMILES string of the molecule is COc1ccc(-c2nnc(SCC(=O)NN=Cc3cccc4ccccc34)n2-c2ccc(OC)cc2)cc1. The minimum absolute atomic E-state index is 0.115. The van der Waals surface area contributed by atoms with Gasteiger partial charge in [0, 0.05) is 16.8 Å². The van der Waals surface area contributed by atoms with E-state index in [0.717, 1.165) is 39.1 Å². The Labute approximate surface area is 224 Å². The number of fused-ring (bicyclic) bond motifs is 1. The third-order valence-corrected chi connectivity index (χ3v) is 6.79. The van der Waals surface area contributed by atoms with Crippen molar-refractivity contribution in [2.45, 2.75) is 5.16 Å². The van der Waals surface area contributed by atoms with Crippen molar-refractivity contribution in [3.05, 3.63) is 96.6 Å². The zero-order chi connectivity index (χ0) is 26.3. The number of carbonyl (C=O) groups excluding carboxylic acids is 1. The molecule has 0 radical (unpaired) electrons. The molecule has 4 aromatic carbocycles. The second-order valence-electron chi connectivity index (χ2n) is 8.22. The minimum Gasteiger partial charge on any atom is -0.497 e. The van der Waals surface area contributed by atoms with Crippen molar-refractivity contribution in [2.75, 3.05) is 20.0 Å². The molecule has 0 aliphatic rings. The first-order chi connectivity index (χ1) is 18.7. The molecule has 1 aromatic heterocycles. The quantitative estimate of drug-likeness (QED) is 0.159. The maximum absolute atomic E-state index is 12.6. The molecule has 8 nitrogen and oxygen atoms in total. The van der Waals surface area contributed by atoms with E-state index in [0.29, 0.717) is 11.0 Å². The van der Waals surface area contributed by atoms with Crippen LogP contribution in [0, 0.1) is 0 Å². The molecule has 0 saturated heterocycles. The van der Waals surface area contributed by atoms with Gasteiger partial charge in [-0.2, -0.15) is 5.10 Å². The Balaban J connectivity index is 1.34. The summed E-state index contributed by atoms with van der Waals surface area (Å²) >= 11 is 1.28. The lowest BCUT2D eigenvalue weighted by molar-refractivity contribution is -0.118. The van der Waals surface area contributed by atoms with Crippen LogP contribution >= 0.6 is 11.8 Å². The number of carbonyl (C=O) groups is 1. The molecule has 1 heterocycles. The first-order valence-electron chi connectivity index (χ1n) is 11.8. The van der Waals surface area contributed by atoms with Gasteiger partial charge in [-0.1, -0.05) is 54.2 Å². The lowest BCUT2D eigenvalue weighted by atomic mass is 10.1. The van der Waals surface area contributed by atoms with Gasteiger partial charge in [-0.25, -0.2) is 5.43 Å². The number of hydrogen-bond acceptors (Lipinski definition) is 7. The highest BCUT2D eigenvalue weighted by atomic mass is 32.2. The van der Waals surface area contributed by atoms with Crippen LogP contribution < -0.4 is 14.9 Å². The van der Waals surface area contributed by atoms with Crippen molar-refractivity contribution in [2.24, 2.45) is 5.10 Å². The number of thioether (sulfide) groups is 1. The van der Waals surface area contributed by atoms with Crippen molar-refractivity contribution < 1.29 is 14.3 Å². The molecule has 0 spiro atoms. The Hall–Kier alpha value is -4.63. The fraction of sp³-hybridized carbons (Fsp3) is 0.103. The molecular weight excluding hydrogens is 498 g/mol. The number of benzene rings is 4. The van der Waals surface area contributed by atoms with Gasteiger partial charge in [-0.05, 0) is 59.3 Å². The maximum Gasteiger partial charge on any atom is 0.250 e. The molecule has 5 rings (SSSR count). The number of ether oxygens (including phenoxy) is 2. The van der Waals surface area contributed by atoms with Crippen LogP contribution in [0.3, 0.4) is 0 Å². The van der Waals surface area contributed by atoms with E-state index < -0.39 is 0 Å². The first-order valence-corrected chi connectivity index (χ1v) is 12.8. The smallest absolute Gasteiger partial charge is 0.250 e. The Morgan fingerprint density at radius 1 is 0.895 bits per heavy atom. The van der Waals surface area contributed by atoms with Crippen LogP contribution in [0.4, 0.5) is 0 Å². The molecule has 0 bridgehead atoms. The van der Waals surface area contributed by atoms with Crippen molar-refractivity contribution in [3.8, 4) is 28.6 Å². The highest BCUT2D eigenvalue weighted by molar-refractivity contribution is 7.99. The van der Waals surface area contributed by atoms with Crippen LogP contribution in [0.1, 0.15) is 5.56 Å². The van der Waals surface area contributed by atoms with Gasteiger partial charge in [0.1, 0.15) is 11.5 Å². The number of methoxy groups -OCH3 is 2. The van der Waals surface area contributed by atoms with E-state index in [2.05, 4.69) is 20.7 Å². The molecule has 1 N–H and O–H groups in total. The van der Waals surface area contributed by atoms with Gasteiger partial charge in [0.25, 0.3) is 5.91 Å². The van der Waals surface area contributed by atoms with Gasteiger partial charge in [0.2, 0.25) is 0 Å². The summed E-state index contributed by atoms with van der Waals surface area (Å²) in [6, 6.07) is 29.2. The zero-order valence-corrected chi connectivity index (χ0v) is 21.7. The van der Waals surface area contributed by atoms with E-state index in [1.54, 1.807) is 20.4 Å². The predicted octanol–water partition coefficient (Wildman–Crippen LogP) is 5.35. The van der Waals surface area contributed by atoms with E-state index in [9.17, 15) is 4.79 Å². The number of hydrogen-bond donors (Lipinski definition) is 1. The average molecular weight is 524 g/mol. The van der Waals surface area contributed by atoms with E-state index >= 15 is 0 Å². The highest BCUT2D eigenvalue weighted by Crippen LogP contribution is 2.29. The lowest BCUT2D eigenvalue weighted by Gasteiger charge is -2.11. The van der Waals surface area contributed by atoms with Crippen LogP contribution in [-0.4, -0.2) is 46.9 Å². The largest absolute Gasteiger partial charge is 0.497 e. The minimum atomic E-state index is -0.248. The Kier molecular flexibility index (Phi) is 7.65. The maximum atomic E-state index is 12.6. The third kappa shape index (κ3) is 5.52. The lowest BCUT2D eigenvalue weighted by Crippen LogP contribution is -2.20. The molecule has 5 aromatic rings. The van der Waals surface area contributed by atoms with Crippen LogP contribution in [0.15, 0.2) is 101 Å². The molecular formula is C29H25N5O3S. The summed E-state index contributed by atoms with van der Waals surface area (Å²) in [4.78, 5) is 12.6. The van der Waals surface area contributed by atoms with E-state index in [-0.39, 0.29) is 11.7 Å². The Bertz CT molecular complexity index is 1580. The molecule has 9 heteroatoms. The molecule has 0 unspecified atom stereocenters. The summed E-state index contributed by atoms with van der Waals surface area (Å²) in [5.74, 6) is 2.01. The Morgan fingerprint density at radius 3 is 2.32 bits per heavy atom.